The van der Waals surface area contributed by atoms with Gasteiger partial charge in [0.1, 0.15) is 0 Å². The molecule has 5 nitrogen and oxygen atoms in total. The van der Waals surface area contributed by atoms with Crippen molar-refractivity contribution < 1.29 is 14.3 Å². The van der Waals surface area contributed by atoms with Crippen molar-refractivity contribution in [2.45, 2.75) is 44.9 Å². The fraction of sp³-hybridized carbons (Fsp3) is 0.250. The van der Waals surface area contributed by atoms with Crippen molar-refractivity contribution in [3.63, 3.8) is 0 Å². The van der Waals surface area contributed by atoms with Gasteiger partial charge in [-0.05, 0) is 84.3 Å². The molecule has 4 aromatic rings. The Hall–Kier alpha value is -4.12. The zero-order chi connectivity index (χ0) is 25.5. The van der Waals surface area contributed by atoms with Crippen LogP contribution in [0.1, 0.15) is 47.2 Å². The number of carbonyl (C=O) groups excluding carboxylic acids is 1. The minimum absolute atomic E-state index is 0.0227. The number of aromatic nitrogens is 1. The van der Waals surface area contributed by atoms with Gasteiger partial charge in [-0.2, -0.15) is 0 Å². The van der Waals surface area contributed by atoms with Crippen LogP contribution in [0.15, 0.2) is 97.3 Å². The first-order chi connectivity index (χ1) is 18.2. The van der Waals surface area contributed by atoms with E-state index in [9.17, 15) is 4.79 Å². The van der Waals surface area contributed by atoms with Crippen LogP contribution in [0.2, 0.25) is 0 Å². The third kappa shape index (κ3) is 6.18. The van der Waals surface area contributed by atoms with Crippen molar-refractivity contribution in [2.24, 2.45) is 0 Å². The van der Waals surface area contributed by atoms with Gasteiger partial charge >= 0.3 is 0 Å². The lowest BCUT2D eigenvalue weighted by Crippen LogP contribution is -2.30. The molecule has 0 saturated heterocycles. The van der Waals surface area contributed by atoms with Crippen LogP contribution in [0.25, 0.3) is 11.1 Å². The van der Waals surface area contributed by atoms with Crippen LogP contribution in [-0.4, -0.2) is 29.0 Å². The molecule has 0 atom stereocenters. The van der Waals surface area contributed by atoms with Crippen LogP contribution in [-0.2, 0) is 13.1 Å². The molecule has 1 heterocycles. The lowest BCUT2D eigenvalue weighted by atomic mass is 10.0. The predicted molar refractivity (Wildman–Crippen MR) is 146 cm³/mol. The standard InChI is InChI=1S/C32H32N2O3/c1-36-30-16-11-25(21-31(30)37-29-9-5-6-10-29)23-34(22-24-17-19-33-20-18-24)32(35)28-14-12-27(13-15-28)26-7-3-2-4-8-26/h2-4,7-8,11-21,29H,5-6,9-10,22-23H2,1H3. The summed E-state index contributed by atoms with van der Waals surface area (Å²) in [6, 6.07) is 27.9. The minimum atomic E-state index is -0.0227. The van der Waals surface area contributed by atoms with Crippen molar-refractivity contribution in [1.82, 2.24) is 9.88 Å². The van der Waals surface area contributed by atoms with Gasteiger partial charge in [-0.15, -0.1) is 0 Å². The van der Waals surface area contributed by atoms with Crippen LogP contribution < -0.4 is 9.47 Å². The molecule has 1 aromatic heterocycles. The summed E-state index contributed by atoms with van der Waals surface area (Å²) in [4.78, 5) is 19.7. The Morgan fingerprint density at radius 3 is 2.19 bits per heavy atom. The summed E-state index contributed by atoms with van der Waals surface area (Å²) in [7, 11) is 1.66. The molecule has 3 aromatic carbocycles. The number of carbonyl (C=O) groups is 1. The fourth-order valence-electron chi connectivity index (χ4n) is 4.84. The van der Waals surface area contributed by atoms with E-state index in [0.717, 1.165) is 46.6 Å². The second-order valence-corrected chi connectivity index (χ2v) is 9.47. The third-order valence-corrected chi connectivity index (χ3v) is 6.85. The van der Waals surface area contributed by atoms with Crippen LogP contribution in [0.3, 0.4) is 0 Å². The van der Waals surface area contributed by atoms with Crippen molar-refractivity contribution in [2.75, 3.05) is 7.11 Å². The van der Waals surface area contributed by atoms with Crippen LogP contribution in [0.4, 0.5) is 0 Å². The molecule has 1 fully saturated rings. The maximum atomic E-state index is 13.7. The Labute approximate surface area is 218 Å². The summed E-state index contributed by atoms with van der Waals surface area (Å²) in [6.45, 7) is 0.930. The molecule has 1 saturated carbocycles. The minimum Gasteiger partial charge on any atom is -0.493 e. The Kier molecular flexibility index (Phi) is 7.80. The molecular formula is C32H32N2O3. The number of rotatable bonds is 9. The smallest absolute Gasteiger partial charge is 0.254 e. The first-order valence-electron chi connectivity index (χ1n) is 12.9. The van der Waals surface area contributed by atoms with Gasteiger partial charge in [0.25, 0.3) is 5.91 Å². The van der Waals surface area contributed by atoms with Crippen molar-refractivity contribution >= 4 is 5.91 Å². The zero-order valence-corrected chi connectivity index (χ0v) is 21.2. The number of hydrogen-bond acceptors (Lipinski definition) is 4. The normalized spacial score (nSPS) is 13.3. The highest BCUT2D eigenvalue weighted by Crippen LogP contribution is 2.33. The average molecular weight is 493 g/mol. The molecule has 0 unspecified atom stereocenters. The third-order valence-electron chi connectivity index (χ3n) is 6.85. The maximum Gasteiger partial charge on any atom is 0.254 e. The maximum absolute atomic E-state index is 13.7. The molecule has 0 spiro atoms. The average Bonchev–Trinajstić information content (AvgIpc) is 3.47. The molecule has 188 valence electrons. The van der Waals surface area contributed by atoms with E-state index in [0.29, 0.717) is 18.7 Å². The summed E-state index contributed by atoms with van der Waals surface area (Å²) >= 11 is 0. The van der Waals surface area contributed by atoms with Gasteiger partial charge in [0.15, 0.2) is 11.5 Å². The number of benzene rings is 3. The Bertz CT molecular complexity index is 1300. The first kappa shape index (κ1) is 24.6. The first-order valence-corrected chi connectivity index (χ1v) is 12.9. The molecule has 1 aliphatic carbocycles. The summed E-state index contributed by atoms with van der Waals surface area (Å²) < 4.78 is 11.9. The van der Waals surface area contributed by atoms with Gasteiger partial charge in [-0.25, -0.2) is 0 Å². The highest BCUT2D eigenvalue weighted by Gasteiger charge is 2.21. The van der Waals surface area contributed by atoms with Gasteiger partial charge in [-0.1, -0.05) is 48.5 Å². The lowest BCUT2D eigenvalue weighted by molar-refractivity contribution is 0.0729. The van der Waals surface area contributed by atoms with E-state index >= 15 is 0 Å². The SMILES string of the molecule is COc1ccc(CN(Cc2ccncc2)C(=O)c2ccc(-c3ccccc3)cc2)cc1OC1CCCC1. The van der Waals surface area contributed by atoms with E-state index in [2.05, 4.69) is 17.1 Å². The second kappa shape index (κ2) is 11.7. The summed E-state index contributed by atoms with van der Waals surface area (Å²) in [5.74, 6) is 1.44. The van der Waals surface area contributed by atoms with Gasteiger partial charge in [-0.3, -0.25) is 9.78 Å². The van der Waals surface area contributed by atoms with Gasteiger partial charge in [0.2, 0.25) is 0 Å². The van der Waals surface area contributed by atoms with Gasteiger partial charge in [0.05, 0.1) is 13.2 Å². The van der Waals surface area contributed by atoms with Crippen LogP contribution >= 0.6 is 0 Å². The molecule has 1 aliphatic rings. The number of ether oxygens (including phenoxy) is 2. The predicted octanol–water partition coefficient (Wildman–Crippen LogP) is 6.92. The zero-order valence-electron chi connectivity index (χ0n) is 21.2. The molecule has 0 aliphatic heterocycles. The van der Waals surface area contributed by atoms with Crippen molar-refractivity contribution in [1.29, 1.82) is 0 Å². The Balaban J connectivity index is 1.40. The highest BCUT2D eigenvalue weighted by molar-refractivity contribution is 5.94. The van der Waals surface area contributed by atoms with E-state index in [4.69, 9.17) is 9.47 Å². The van der Waals surface area contributed by atoms with E-state index < -0.39 is 0 Å². The number of hydrogen-bond donors (Lipinski definition) is 0. The number of pyridine rings is 1. The summed E-state index contributed by atoms with van der Waals surface area (Å²) in [5, 5.41) is 0. The topological polar surface area (TPSA) is 51.7 Å². The molecule has 0 N–H and O–H groups in total. The summed E-state index contributed by atoms with van der Waals surface area (Å²) in [5.41, 5.74) is 4.90. The second-order valence-electron chi connectivity index (χ2n) is 9.47. The molecule has 1 amide bonds. The van der Waals surface area contributed by atoms with Crippen LogP contribution in [0, 0.1) is 0 Å². The van der Waals surface area contributed by atoms with Gasteiger partial charge in [0, 0.05) is 31.0 Å². The van der Waals surface area contributed by atoms with Crippen molar-refractivity contribution in [3.05, 3.63) is 114 Å². The number of nitrogens with zero attached hydrogens (tertiary/aromatic N) is 2. The van der Waals surface area contributed by atoms with E-state index in [1.807, 2.05) is 77.7 Å². The Morgan fingerprint density at radius 1 is 0.811 bits per heavy atom. The molecular weight excluding hydrogens is 460 g/mol. The van der Waals surface area contributed by atoms with Crippen LogP contribution in [0.5, 0.6) is 11.5 Å². The monoisotopic (exact) mass is 492 g/mol. The largest absolute Gasteiger partial charge is 0.493 e. The van der Waals surface area contributed by atoms with E-state index in [-0.39, 0.29) is 12.0 Å². The Morgan fingerprint density at radius 2 is 1.49 bits per heavy atom. The molecule has 0 radical (unpaired) electrons. The molecule has 0 bridgehead atoms. The molecule has 37 heavy (non-hydrogen) atoms. The van der Waals surface area contributed by atoms with Gasteiger partial charge < -0.3 is 14.4 Å². The lowest BCUT2D eigenvalue weighted by Gasteiger charge is -2.24. The highest BCUT2D eigenvalue weighted by atomic mass is 16.5. The van der Waals surface area contributed by atoms with E-state index in [1.165, 1.54) is 12.8 Å². The number of amides is 1. The molecule has 5 heteroatoms. The number of methoxy groups -OCH3 is 1. The van der Waals surface area contributed by atoms with Crippen molar-refractivity contribution in [3.8, 4) is 22.6 Å². The quantitative estimate of drug-likeness (QED) is 0.254. The molecule has 5 rings (SSSR count). The fourth-order valence-corrected chi connectivity index (χ4v) is 4.84. The van der Waals surface area contributed by atoms with E-state index in [1.54, 1.807) is 19.5 Å². The summed E-state index contributed by atoms with van der Waals surface area (Å²) in [6.07, 6.45) is 8.27.